The zero-order valence-corrected chi connectivity index (χ0v) is 19.3. The van der Waals surface area contributed by atoms with E-state index in [9.17, 15) is 25.2 Å². The summed E-state index contributed by atoms with van der Waals surface area (Å²) in [6.45, 7) is 6.09. The molecule has 0 bridgehead atoms. The summed E-state index contributed by atoms with van der Waals surface area (Å²) in [6, 6.07) is 4.09. The van der Waals surface area contributed by atoms with E-state index < -0.39 is 17.6 Å². The number of ether oxygens (including phenoxy) is 2. The highest BCUT2D eigenvalue weighted by Gasteiger charge is 2.33. The summed E-state index contributed by atoms with van der Waals surface area (Å²) in [5, 5.41) is 41.1. The number of benzene rings is 2. The van der Waals surface area contributed by atoms with E-state index in [1.54, 1.807) is 0 Å². The first kappa shape index (κ1) is 24.0. The van der Waals surface area contributed by atoms with Crippen LogP contribution in [0.25, 0.3) is 0 Å². The van der Waals surface area contributed by atoms with Gasteiger partial charge in [-0.15, -0.1) is 0 Å². The van der Waals surface area contributed by atoms with Gasteiger partial charge in [-0.3, -0.25) is 4.79 Å². The van der Waals surface area contributed by atoms with Crippen LogP contribution in [0.3, 0.4) is 0 Å². The first-order chi connectivity index (χ1) is 15.6. The molecule has 0 unspecified atom stereocenters. The van der Waals surface area contributed by atoms with E-state index >= 15 is 0 Å². The third-order valence-corrected chi connectivity index (χ3v) is 5.68. The molecule has 0 radical (unpaired) electrons. The molecule has 7 nitrogen and oxygen atoms in total. The lowest BCUT2D eigenvalue weighted by Crippen LogP contribution is -2.21. The summed E-state index contributed by atoms with van der Waals surface area (Å²) >= 11 is 0. The van der Waals surface area contributed by atoms with Crippen molar-refractivity contribution < 1.29 is 34.7 Å². The quantitative estimate of drug-likeness (QED) is 0.324. The summed E-state index contributed by atoms with van der Waals surface area (Å²) in [4.78, 5) is 12.9. The Labute approximate surface area is 193 Å². The maximum absolute atomic E-state index is 12.9. The molecule has 3 rings (SSSR count). The second kappa shape index (κ2) is 9.90. The van der Waals surface area contributed by atoms with Crippen LogP contribution in [0.2, 0.25) is 0 Å². The minimum Gasteiger partial charge on any atom is -0.507 e. The number of fused-ring (bicyclic) bond motifs is 1. The van der Waals surface area contributed by atoms with Gasteiger partial charge in [0.1, 0.15) is 28.9 Å². The molecule has 176 valence electrons. The van der Waals surface area contributed by atoms with Crippen LogP contribution in [0.5, 0.6) is 34.5 Å². The number of Topliss-reactive ketones (excluding diaryl/α,β-unsaturated/α-hetero) is 1. The van der Waals surface area contributed by atoms with Crippen molar-refractivity contribution in [3.05, 3.63) is 58.2 Å². The molecule has 1 heterocycles. The van der Waals surface area contributed by atoms with Crippen LogP contribution in [0.4, 0.5) is 0 Å². The Morgan fingerprint density at radius 1 is 1.06 bits per heavy atom. The van der Waals surface area contributed by atoms with E-state index in [-0.39, 0.29) is 52.7 Å². The van der Waals surface area contributed by atoms with E-state index in [4.69, 9.17) is 9.47 Å². The molecule has 0 fully saturated rings. The van der Waals surface area contributed by atoms with Gasteiger partial charge in [0, 0.05) is 17.2 Å². The van der Waals surface area contributed by atoms with E-state index in [2.05, 4.69) is 6.08 Å². The molecule has 0 amide bonds. The molecular weight excluding hydrogens is 424 g/mol. The molecule has 2 aromatic rings. The van der Waals surface area contributed by atoms with E-state index in [1.807, 2.05) is 26.8 Å². The monoisotopic (exact) mass is 454 g/mol. The van der Waals surface area contributed by atoms with Gasteiger partial charge in [-0.05, 0) is 52.2 Å². The standard InChI is InChI=1S/C26H30O7/c1-14(2)6-5-7-15(3)8-9-17-18(27)12-22-24(25(17)30)19(28)13-21(33-22)16-10-20(29)26(31)23(11-16)32-4/h6,8,10-12,21,27,29-31H,5,7,9,13H2,1-4H3/b15-8+/t21-/m0/s1. The Hall–Kier alpha value is -3.61. The Bertz CT molecular complexity index is 1120. The topological polar surface area (TPSA) is 116 Å². The molecule has 0 spiro atoms. The molecule has 2 aromatic carbocycles. The lowest BCUT2D eigenvalue weighted by atomic mass is 9.92. The molecule has 4 N–H and O–H groups in total. The van der Waals surface area contributed by atoms with Crippen LogP contribution in [0.1, 0.15) is 67.6 Å². The van der Waals surface area contributed by atoms with Gasteiger partial charge >= 0.3 is 0 Å². The summed E-state index contributed by atoms with van der Waals surface area (Å²) < 4.78 is 10.9. The third kappa shape index (κ3) is 5.25. The first-order valence-corrected chi connectivity index (χ1v) is 10.8. The van der Waals surface area contributed by atoms with Crippen LogP contribution in [-0.4, -0.2) is 33.3 Å². The molecule has 1 atom stereocenters. The summed E-state index contributed by atoms with van der Waals surface area (Å²) in [5.74, 6) is -1.51. The van der Waals surface area contributed by atoms with E-state index in [1.165, 1.54) is 30.9 Å². The molecule has 33 heavy (non-hydrogen) atoms. The molecule has 0 aliphatic carbocycles. The smallest absolute Gasteiger partial charge is 0.200 e. The number of aromatic hydroxyl groups is 4. The highest BCUT2D eigenvalue weighted by Crippen LogP contribution is 2.46. The molecule has 0 saturated carbocycles. The van der Waals surface area contributed by atoms with Crippen LogP contribution in [0.15, 0.2) is 41.5 Å². The maximum atomic E-state index is 12.9. The third-order valence-electron chi connectivity index (χ3n) is 5.68. The number of hydrogen-bond donors (Lipinski definition) is 4. The van der Waals surface area contributed by atoms with E-state index in [0.717, 1.165) is 18.4 Å². The average molecular weight is 455 g/mol. The largest absolute Gasteiger partial charge is 0.507 e. The number of hydrogen-bond acceptors (Lipinski definition) is 7. The zero-order chi connectivity index (χ0) is 24.3. The van der Waals surface area contributed by atoms with Gasteiger partial charge in [0.25, 0.3) is 0 Å². The number of phenols is 4. The average Bonchev–Trinajstić information content (AvgIpc) is 2.74. The Morgan fingerprint density at radius 3 is 2.45 bits per heavy atom. The zero-order valence-electron chi connectivity index (χ0n) is 19.3. The summed E-state index contributed by atoms with van der Waals surface area (Å²) in [5.41, 5.74) is 3.09. The van der Waals surface area contributed by atoms with E-state index in [0.29, 0.717) is 5.56 Å². The molecule has 7 heteroatoms. The lowest BCUT2D eigenvalue weighted by molar-refractivity contribution is 0.0843. The van der Waals surface area contributed by atoms with Gasteiger partial charge < -0.3 is 29.9 Å². The molecule has 0 aromatic heterocycles. The van der Waals surface area contributed by atoms with Crippen molar-refractivity contribution in [2.24, 2.45) is 0 Å². The van der Waals surface area contributed by atoms with Gasteiger partial charge in [-0.25, -0.2) is 0 Å². The van der Waals surface area contributed by atoms with Crippen molar-refractivity contribution >= 4 is 5.78 Å². The van der Waals surface area contributed by atoms with Crippen LogP contribution < -0.4 is 9.47 Å². The summed E-state index contributed by atoms with van der Waals surface area (Å²) in [7, 11) is 1.34. The van der Waals surface area contributed by atoms with Gasteiger partial charge in [-0.2, -0.15) is 0 Å². The van der Waals surface area contributed by atoms with Gasteiger partial charge in [0.2, 0.25) is 5.75 Å². The number of methoxy groups -OCH3 is 1. The van der Waals surface area contributed by atoms with Crippen LogP contribution in [0, 0.1) is 0 Å². The Kier molecular flexibility index (Phi) is 7.21. The van der Waals surface area contributed by atoms with Crippen LogP contribution >= 0.6 is 0 Å². The number of ketones is 1. The fourth-order valence-electron chi connectivity index (χ4n) is 3.81. The molecule has 1 aliphatic rings. The fraction of sp³-hybridized carbons (Fsp3) is 0.346. The summed E-state index contributed by atoms with van der Waals surface area (Å²) in [6.07, 6.45) is 5.28. The van der Waals surface area contributed by atoms with Crippen molar-refractivity contribution in [2.75, 3.05) is 7.11 Å². The van der Waals surface area contributed by atoms with Gasteiger partial charge in [-0.1, -0.05) is 23.3 Å². The molecule has 0 saturated heterocycles. The maximum Gasteiger partial charge on any atom is 0.200 e. The van der Waals surface area contributed by atoms with Gasteiger partial charge in [0.05, 0.1) is 13.5 Å². The van der Waals surface area contributed by atoms with Crippen molar-refractivity contribution in [3.8, 4) is 34.5 Å². The normalized spacial score (nSPS) is 15.6. The fourth-order valence-corrected chi connectivity index (χ4v) is 3.81. The Balaban J connectivity index is 1.87. The number of rotatable bonds is 7. The van der Waals surface area contributed by atoms with Gasteiger partial charge in [0.15, 0.2) is 17.3 Å². The number of carbonyl (C=O) groups is 1. The predicted octanol–water partition coefficient (Wildman–Crippen LogP) is 5.46. The van der Waals surface area contributed by atoms with Crippen molar-refractivity contribution in [1.29, 1.82) is 0 Å². The Morgan fingerprint density at radius 2 is 1.79 bits per heavy atom. The predicted molar refractivity (Wildman–Crippen MR) is 125 cm³/mol. The highest BCUT2D eigenvalue weighted by atomic mass is 16.5. The number of allylic oxidation sites excluding steroid dienone is 4. The van der Waals surface area contributed by atoms with Crippen molar-refractivity contribution in [2.45, 2.75) is 52.6 Å². The second-order valence-corrected chi connectivity index (χ2v) is 8.50. The minimum absolute atomic E-state index is 0.0320. The lowest BCUT2D eigenvalue weighted by Gasteiger charge is -2.27. The number of carbonyl (C=O) groups excluding carboxylic acids is 1. The van der Waals surface area contributed by atoms with Crippen molar-refractivity contribution in [3.63, 3.8) is 0 Å². The molecule has 1 aliphatic heterocycles. The van der Waals surface area contributed by atoms with Crippen molar-refractivity contribution in [1.82, 2.24) is 0 Å². The second-order valence-electron chi connectivity index (χ2n) is 8.50. The molecular formula is C26H30O7. The first-order valence-electron chi connectivity index (χ1n) is 10.8. The highest BCUT2D eigenvalue weighted by molar-refractivity contribution is 6.03. The number of phenolic OH excluding ortho intramolecular Hbond substituents is 4. The van der Waals surface area contributed by atoms with Crippen LogP contribution in [-0.2, 0) is 6.42 Å². The minimum atomic E-state index is -0.785. The SMILES string of the molecule is COc1cc([C@@H]2CC(=O)c3c(cc(O)c(C/C=C(\C)CCC=C(C)C)c3O)O2)cc(O)c1O.